The molecule has 1 aromatic carbocycles. The topological polar surface area (TPSA) is 103 Å². The molecule has 1 aliphatic carbocycles. The molecule has 0 saturated heterocycles. The fraction of sp³-hybridized carbons (Fsp3) is 0.542. The molecule has 0 amide bonds. The molecular weight excluding hydrogens is 428 g/mol. The van der Waals surface area contributed by atoms with Crippen LogP contribution in [0.4, 0.5) is 20.5 Å². The van der Waals surface area contributed by atoms with Gasteiger partial charge in [-0.3, -0.25) is 0 Å². The molecule has 3 rings (SSSR count). The van der Waals surface area contributed by atoms with Crippen LogP contribution in [0.2, 0.25) is 0 Å². The number of aliphatic hydroxyl groups is 1. The number of nitrogens with zero attached hydrogens (tertiary/aromatic N) is 3. The Morgan fingerprint density at radius 1 is 1.27 bits per heavy atom. The number of hydrogen-bond acceptors (Lipinski definition) is 7. The van der Waals surface area contributed by atoms with Crippen LogP contribution in [-0.4, -0.2) is 46.3 Å². The Labute approximate surface area is 193 Å². The quantitative estimate of drug-likeness (QED) is 0.511. The van der Waals surface area contributed by atoms with E-state index in [-0.39, 0.29) is 17.6 Å². The first-order valence-electron chi connectivity index (χ1n) is 11.1. The lowest BCUT2D eigenvalue weighted by molar-refractivity contribution is -0.0229. The van der Waals surface area contributed by atoms with E-state index in [9.17, 15) is 19.1 Å². The number of ether oxygens (including phenoxy) is 1. The van der Waals surface area contributed by atoms with Gasteiger partial charge in [0.25, 0.3) is 5.92 Å². The van der Waals surface area contributed by atoms with Crippen molar-refractivity contribution in [3.63, 3.8) is 0 Å². The molecular formula is C24H31F2N5O2. The van der Waals surface area contributed by atoms with Crippen molar-refractivity contribution in [1.29, 1.82) is 5.26 Å². The second-order valence-electron chi connectivity index (χ2n) is 9.37. The molecule has 1 aliphatic rings. The molecule has 0 spiro atoms. The number of aliphatic hydroxyl groups excluding tert-OH is 1. The van der Waals surface area contributed by atoms with Crippen LogP contribution in [0.5, 0.6) is 5.75 Å². The van der Waals surface area contributed by atoms with E-state index in [1.54, 1.807) is 12.1 Å². The minimum Gasteiger partial charge on any atom is -0.487 e. The highest BCUT2D eigenvalue weighted by atomic mass is 19.3. The fourth-order valence-electron chi connectivity index (χ4n) is 3.88. The molecule has 1 saturated carbocycles. The van der Waals surface area contributed by atoms with Crippen molar-refractivity contribution in [2.24, 2.45) is 5.41 Å². The van der Waals surface area contributed by atoms with E-state index in [4.69, 9.17) is 4.74 Å². The molecule has 9 heteroatoms. The summed E-state index contributed by atoms with van der Waals surface area (Å²) in [5, 5.41) is 26.1. The fourth-order valence-corrected chi connectivity index (χ4v) is 3.88. The van der Waals surface area contributed by atoms with Gasteiger partial charge in [-0.2, -0.15) is 10.2 Å². The summed E-state index contributed by atoms with van der Waals surface area (Å²) in [5.41, 5.74) is 1.18. The second kappa shape index (κ2) is 10.3. The first-order valence-corrected chi connectivity index (χ1v) is 11.1. The highest BCUT2D eigenvalue weighted by Crippen LogP contribution is 2.37. The standard InChI is InChI=1S/C24H31F2N5O2/c1-23(2)12-18(6-9-20(23)32)30-21-17(13-27)14-29-22(31-21)28-11-10-16-4-7-19(8-5-16)33-15-24(3,25)26/h4-5,7-8,14,18,20,32H,6,9-12,15H2,1-3H3,(H2,28,29,30,31). The van der Waals surface area contributed by atoms with Crippen LogP contribution in [0.25, 0.3) is 0 Å². The zero-order valence-electron chi connectivity index (χ0n) is 19.2. The Morgan fingerprint density at radius 2 is 2.00 bits per heavy atom. The minimum absolute atomic E-state index is 0.117. The molecule has 33 heavy (non-hydrogen) atoms. The molecule has 3 N–H and O–H groups in total. The SMILES string of the molecule is CC(F)(F)COc1ccc(CCNc2ncc(C#N)c(NC3CCC(O)C(C)(C)C3)n2)cc1. The van der Waals surface area contributed by atoms with Crippen LogP contribution in [0.1, 0.15) is 51.2 Å². The zero-order valence-corrected chi connectivity index (χ0v) is 19.2. The third kappa shape index (κ3) is 7.26. The minimum atomic E-state index is -2.87. The number of halogens is 2. The van der Waals surface area contributed by atoms with Gasteiger partial charge in [0.05, 0.1) is 12.3 Å². The van der Waals surface area contributed by atoms with Gasteiger partial charge in [0.15, 0.2) is 6.61 Å². The predicted molar refractivity (Wildman–Crippen MR) is 123 cm³/mol. The normalized spacial score (nSPS) is 20.0. The Morgan fingerprint density at radius 3 is 2.64 bits per heavy atom. The van der Waals surface area contributed by atoms with Crippen LogP contribution in [0.15, 0.2) is 30.5 Å². The maximum absolute atomic E-state index is 12.9. The second-order valence-corrected chi connectivity index (χ2v) is 9.37. The van der Waals surface area contributed by atoms with Crippen molar-refractivity contribution in [2.45, 2.75) is 64.5 Å². The highest BCUT2D eigenvalue weighted by molar-refractivity contribution is 5.54. The maximum Gasteiger partial charge on any atom is 0.278 e. The van der Waals surface area contributed by atoms with Crippen molar-refractivity contribution in [2.75, 3.05) is 23.8 Å². The summed E-state index contributed by atoms with van der Waals surface area (Å²) < 4.78 is 30.9. The Kier molecular flexibility index (Phi) is 7.69. The van der Waals surface area contributed by atoms with E-state index in [1.165, 1.54) is 6.20 Å². The van der Waals surface area contributed by atoms with Gasteiger partial charge >= 0.3 is 0 Å². The summed E-state index contributed by atoms with van der Waals surface area (Å²) in [7, 11) is 0. The number of hydrogen-bond donors (Lipinski definition) is 3. The lowest BCUT2D eigenvalue weighted by atomic mass is 9.73. The average Bonchev–Trinajstić information content (AvgIpc) is 2.75. The van der Waals surface area contributed by atoms with Crippen LogP contribution >= 0.6 is 0 Å². The molecule has 1 heterocycles. The predicted octanol–water partition coefficient (Wildman–Crippen LogP) is 4.39. The van der Waals surface area contributed by atoms with Crippen molar-refractivity contribution < 1.29 is 18.6 Å². The molecule has 0 bridgehead atoms. The van der Waals surface area contributed by atoms with Crippen LogP contribution in [-0.2, 0) is 6.42 Å². The molecule has 1 fully saturated rings. The third-order valence-electron chi connectivity index (χ3n) is 5.83. The van der Waals surface area contributed by atoms with Gasteiger partial charge in [-0.05, 0) is 48.8 Å². The van der Waals surface area contributed by atoms with Crippen molar-refractivity contribution in [3.05, 3.63) is 41.6 Å². The van der Waals surface area contributed by atoms with Gasteiger partial charge in [0.2, 0.25) is 5.95 Å². The average molecular weight is 460 g/mol. The zero-order chi connectivity index (χ0) is 24.1. The van der Waals surface area contributed by atoms with E-state index < -0.39 is 12.5 Å². The van der Waals surface area contributed by atoms with E-state index in [0.29, 0.717) is 42.5 Å². The summed E-state index contributed by atoms with van der Waals surface area (Å²) >= 11 is 0. The smallest absolute Gasteiger partial charge is 0.278 e. The number of alkyl halides is 2. The van der Waals surface area contributed by atoms with E-state index in [2.05, 4.69) is 26.7 Å². The number of nitriles is 1. The number of anilines is 2. The summed E-state index contributed by atoms with van der Waals surface area (Å²) in [4.78, 5) is 8.71. The summed E-state index contributed by atoms with van der Waals surface area (Å²) in [6.07, 6.45) is 4.12. The van der Waals surface area contributed by atoms with Gasteiger partial charge in [-0.15, -0.1) is 0 Å². The lowest BCUT2D eigenvalue weighted by Crippen LogP contribution is -2.41. The van der Waals surface area contributed by atoms with Crippen molar-refractivity contribution in [3.8, 4) is 11.8 Å². The summed E-state index contributed by atoms with van der Waals surface area (Å²) in [6.45, 7) is 4.81. The van der Waals surface area contributed by atoms with Crippen LogP contribution < -0.4 is 15.4 Å². The van der Waals surface area contributed by atoms with E-state index in [0.717, 1.165) is 25.3 Å². The summed E-state index contributed by atoms with van der Waals surface area (Å²) in [5.74, 6) is -1.57. The number of aromatic nitrogens is 2. The molecule has 0 radical (unpaired) electrons. The van der Waals surface area contributed by atoms with Crippen molar-refractivity contribution in [1.82, 2.24) is 9.97 Å². The van der Waals surface area contributed by atoms with E-state index in [1.807, 2.05) is 26.0 Å². The maximum atomic E-state index is 12.9. The number of rotatable bonds is 9. The number of nitrogens with one attached hydrogen (secondary N) is 2. The first kappa shape index (κ1) is 24.6. The largest absolute Gasteiger partial charge is 0.487 e. The van der Waals surface area contributed by atoms with E-state index >= 15 is 0 Å². The Bertz CT molecular complexity index is 970. The van der Waals surface area contributed by atoms with Crippen LogP contribution in [0, 0.1) is 16.7 Å². The van der Waals surface area contributed by atoms with Gasteiger partial charge in [-0.25, -0.2) is 13.8 Å². The number of benzene rings is 1. The van der Waals surface area contributed by atoms with Gasteiger partial charge < -0.3 is 20.5 Å². The molecule has 2 aromatic rings. The molecule has 0 aliphatic heterocycles. The van der Waals surface area contributed by atoms with Crippen molar-refractivity contribution >= 4 is 11.8 Å². The third-order valence-corrected chi connectivity index (χ3v) is 5.83. The Hall–Kier alpha value is -2.99. The Balaban J connectivity index is 1.55. The van der Waals surface area contributed by atoms with Gasteiger partial charge in [0.1, 0.15) is 23.2 Å². The summed E-state index contributed by atoms with van der Waals surface area (Å²) in [6, 6.07) is 9.24. The molecule has 178 valence electrons. The molecule has 2 atom stereocenters. The molecule has 7 nitrogen and oxygen atoms in total. The monoisotopic (exact) mass is 459 g/mol. The first-order chi connectivity index (χ1) is 15.6. The lowest BCUT2D eigenvalue weighted by Gasteiger charge is -2.40. The van der Waals surface area contributed by atoms with Gasteiger partial charge in [0, 0.05) is 19.5 Å². The van der Waals surface area contributed by atoms with Gasteiger partial charge in [-0.1, -0.05) is 26.0 Å². The highest BCUT2D eigenvalue weighted by Gasteiger charge is 2.36. The molecule has 2 unspecified atom stereocenters. The molecule has 1 aromatic heterocycles. The van der Waals surface area contributed by atoms with Crippen LogP contribution in [0.3, 0.4) is 0 Å².